The summed E-state index contributed by atoms with van der Waals surface area (Å²) in [6.07, 6.45) is 2.80. The standard InChI is InChI=1S/C29H34O4/c1-5-14-29(3,6-2)28(30)33-16-15-32-25(31-4)19-20-17-23-12-10-21-8-7-9-22-11-13-24(18-20)27(23)26(21)22/h7-13,17-18,25H,5-6,14-16,19H2,1-4H3. The highest BCUT2D eigenvalue weighted by Gasteiger charge is 2.31. The summed E-state index contributed by atoms with van der Waals surface area (Å²) >= 11 is 0. The molecule has 0 saturated carbocycles. The molecule has 4 rings (SSSR count). The van der Waals surface area contributed by atoms with Crippen molar-refractivity contribution in [3.8, 4) is 0 Å². The first-order valence-corrected chi connectivity index (χ1v) is 12.0. The Morgan fingerprint density at radius 2 is 1.52 bits per heavy atom. The van der Waals surface area contributed by atoms with Gasteiger partial charge < -0.3 is 14.2 Å². The molecule has 0 spiro atoms. The van der Waals surface area contributed by atoms with Crippen LogP contribution in [0.2, 0.25) is 0 Å². The molecule has 33 heavy (non-hydrogen) atoms. The molecule has 0 aliphatic heterocycles. The van der Waals surface area contributed by atoms with E-state index in [9.17, 15) is 4.79 Å². The molecular formula is C29H34O4. The van der Waals surface area contributed by atoms with Crippen molar-refractivity contribution in [3.63, 3.8) is 0 Å². The average molecular weight is 447 g/mol. The van der Waals surface area contributed by atoms with Gasteiger partial charge in [0.05, 0.1) is 12.0 Å². The zero-order valence-electron chi connectivity index (χ0n) is 20.1. The third-order valence-electron chi connectivity index (χ3n) is 6.88. The summed E-state index contributed by atoms with van der Waals surface area (Å²) in [6, 6.07) is 19.7. The molecule has 2 unspecified atom stereocenters. The van der Waals surface area contributed by atoms with Crippen LogP contribution in [0.1, 0.15) is 45.6 Å². The molecule has 174 valence electrons. The van der Waals surface area contributed by atoms with Crippen LogP contribution >= 0.6 is 0 Å². The van der Waals surface area contributed by atoms with E-state index in [1.165, 1.54) is 32.3 Å². The number of ether oxygens (including phenoxy) is 3. The van der Waals surface area contributed by atoms with Crippen molar-refractivity contribution in [2.24, 2.45) is 5.41 Å². The topological polar surface area (TPSA) is 44.8 Å². The van der Waals surface area contributed by atoms with Crippen molar-refractivity contribution in [3.05, 3.63) is 60.2 Å². The van der Waals surface area contributed by atoms with Gasteiger partial charge in [0, 0.05) is 13.5 Å². The maximum atomic E-state index is 12.5. The number of methoxy groups -OCH3 is 1. The van der Waals surface area contributed by atoms with Crippen LogP contribution in [-0.2, 0) is 25.4 Å². The first-order chi connectivity index (χ1) is 16.0. The number of carbonyl (C=O) groups excluding carboxylic acids is 1. The Labute approximate surface area is 196 Å². The summed E-state index contributed by atoms with van der Waals surface area (Å²) < 4.78 is 17.0. The minimum Gasteiger partial charge on any atom is -0.463 e. The van der Waals surface area contributed by atoms with Crippen molar-refractivity contribution in [2.45, 2.75) is 52.7 Å². The molecule has 0 heterocycles. The second-order valence-corrected chi connectivity index (χ2v) is 9.17. The molecular weight excluding hydrogens is 412 g/mol. The second-order valence-electron chi connectivity index (χ2n) is 9.17. The van der Waals surface area contributed by atoms with Gasteiger partial charge >= 0.3 is 5.97 Å². The molecule has 0 aliphatic rings. The monoisotopic (exact) mass is 446 g/mol. The Kier molecular flexibility index (Phi) is 7.16. The smallest absolute Gasteiger partial charge is 0.311 e. The summed E-state index contributed by atoms with van der Waals surface area (Å²) in [5.41, 5.74) is 0.741. The van der Waals surface area contributed by atoms with Crippen molar-refractivity contribution in [1.29, 1.82) is 0 Å². The van der Waals surface area contributed by atoms with Crippen LogP contribution in [0.3, 0.4) is 0 Å². The van der Waals surface area contributed by atoms with Gasteiger partial charge in [-0.2, -0.15) is 0 Å². The third kappa shape index (κ3) is 4.83. The molecule has 0 saturated heterocycles. The SMILES string of the molecule is CCCC(C)(CC)C(=O)OCCOC(Cc1cc2ccc3cccc4ccc(c1)c2c34)OC. The molecule has 0 N–H and O–H groups in total. The lowest BCUT2D eigenvalue weighted by Crippen LogP contribution is -2.30. The molecule has 0 fully saturated rings. The normalized spacial score (nSPS) is 14.7. The Morgan fingerprint density at radius 3 is 2.09 bits per heavy atom. The van der Waals surface area contributed by atoms with Crippen molar-refractivity contribution in [1.82, 2.24) is 0 Å². The lowest BCUT2D eigenvalue weighted by atomic mass is 9.83. The van der Waals surface area contributed by atoms with Crippen LogP contribution in [0.25, 0.3) is 32.3 Å². The van der Waals surface area contributed by atoms with Gasteiger partial charge in [0.2, 0.25) is 0 Å². The van der Waals surface area contributed by atoms with Gasteiger partial charge in [-0.15, -0.1) is 0 Å². The molecule has 0 amide bonds. The summed E-state index contributed by atoms with van der Waals surface area (Å²) in [4.78, 5) is 12.5. The van der Waals surface area contributed by atoms with E-state index in [1.807, 2.05) is 13.8 Å². The maximum Gasteiger partial charge on any atom is 0.311 e. The first-order valence-electron chi connectivity index (χ1n) is 12.0. The largest absolute Gasteiger partial charge is 0.463 e. The van der Waals surface area contributed by atoms with Crippen LogP contribution < -0.4 is 0 Å². The molecule has 0 radical (unpaired) electrons. The molecule has 4 aromatic rings. The van der Waals surface area contributed by atoms with E-state index in [-0.39, 0.29) is 12.6 Å². The van der Waals surface area contributed by atoms with Gasteiger partial charge in [-0.05, 0) is 57.6 Å². The van der Waals surface area contributed by atoms with E-state index in [1.54, 1.807) is 7.11 Å². The number of rotatable bonds is 11. The predicted molar refractivity (Wildman–Crippen MR) is 135 cm³/mol. The number of esters is 1. The summed E-state index contributed by atoms with van der Waals surface area (Å²) in [5, 5.41) is 7.62. The zero-order valence-corrected chi connectivity index (χ0v) is 20.1. The summed E-state index contributed by atoms with van der Waals surface area (Å²) in [5.74, 6) is -0.142. The minimum atomic E-state index is -0.417. The van der Waals surface area contributed by atoms with Crippen molar-refractivity contribution < 1.29 is 19.0 Å². The Balaban J connectivity index is 1.42. The zero-order chi connectivity index (χ0) is 23.4. The van der Waals surface area contributed by atoms with Gasteiger partial charge in [0.1, 0.15) is 6.61 Å². The van der Waals surface area contributed by atoms with Gasteiger partial charge in [0.25, 0.3) is 0 Å². The average Bonchev–Trinajstić information content (AvgIpc) is 2.84. The van der Waals surface area contributed by atoms with Gasteiger partial charge in [0.15, 0.2) is 6.29 Å². The van der Waals surface area contributed by atoms with E-state index in [0.717, 1.165) is 24.8 Å². The van der Waals surface area contributed by atoms with Crippen LogP contribution in [0.4, 0.5) is 0 Å². The highest BCUT2D eigenvalue weighted by atomic mass is 16.7. The van der Waals surface area contributed by atoms with E-state index >= 15 is 0 Å². The van der Waals surface area contributed by atoms with Crippen LogP contribution in [0.5, 0.6) is 0 Å². The Morgan fingerprint density at radius 1 is 0.909 bits per heavy atom. The van der Waals surface area contributed by atoms with Gasteiger partial charge in [-0.3, -0.25) is 4.79 Å². The van der Waals surface area contributed by atoms with E-state index in [0.29, 0.717) is 13.0 Å². The molecule has 4 heteroatoms. The fraction of sp³-hybridized carbons (Fsp3) is 0.414. The number of hydrogen-bond acceptors (Lipinski definition) is 4. The third-order valence-corrected chi connectivity index (χ3v) is 6.88. The molecule has 2 atom stereocenters. The van der Waals surface area contributed by atoms with Gasteiger partial charge in [-0.1, -0.05) is 74.9 Å². The molecule has 0 bridgehead atoms. The first kappa shape index (κ1) is 23.5. The van der Waals surface area contributed by atoms with Crippen molar-refractivity contribution in [2.75, 3.05) is 20.3 Å². The highest BCUT2D eigenvalue weighted by molar-refractivity contribution is 6.23. The van der Waals surface area contributed by atoms with E-state index in [2.05, 4.69) is 61.5 Å². The van der Waals surface area contributed by atoms with Crippen LogP contribution in [-0.4, -0.2) is 32.6 Å². The van der Waals surface area contributed by atoms with E-state index < -0.39 is 11.7 Å². The van der Waals surface area contributed by atoms with Gasteiger partial charge in [-0.25, -0.2) is 0 Å². The fourth-order valence-corrected chi connectivity index (χ4v) is 4.80. The molecule has 0 aromatic heterocycles. The minimum absolute atomic E-state index is 0.142. The molecule has 0 aliphatic carbocycles. The number of benzene rings is 4. The summed E-state index contributed by atoms with van der Waals surface area (Å²) in [7, 11) is 1.65. The number of carbonyl (C=O) groups is 1. The quantitative estimate of drug-likeness (QED) is 0.109. The fourth-order valence-electron chi connectivity index (χ4n) is 4.80. The highest BCUT2D eigenvalue weighted by Crippen LogP contribution is 2.35. The Hall–Kier alpha value is -2.69. The lowest BCUT2D eigenvalue weighted by Gasteiger charge is -2.25. The predicted octanol–water partition coefficient (Wildman–Crippen LogP) is 6.88. The lowest BCUT2D eigenvalue weighted by molar-refractivity contribution is -0.164. The molecule has 4 nitrogen and oxygen atoms in total. The molecule has 4 aromatic carbocycles. The van der Waals surface area contributed by atoms with Crippen LogP contribution in [0, 0.1) is 5.41 Å². The Bertz CT molecular complexity index is 1170. The second kappa shape index (κ2) is 10.1. The van der Waals surface area contributed by atoms with E-state index in [4.69, 9.17) is 14.2 Å². The van der Waals surface area contributed by atoms with Crippen molar-refractivity contribution >= 4 is 38.3 Å². The van der Waals surface area contributed by atoms with Crippen LogP contribution in [0.15, 0.2) is 54.6 Å². The number of hydrogen-bond donors (Lipinski definition) is 0. The summed E-state index contributed by atoms with van der Waals surface area (Å²) in [6.45, 7) is 6.64. The maximum absolute atomic E-state index is 12.5.